The topological polar surface area (TPSA) is 24.5 Å². The number of nitrogens with one attached hydrogen (secondary N) is 1. The van der Waals surface area contributed by atoms with Crippen molar-refractivity contribution in [2.75, 3.05) is 32.8 Å². The summed E-state index contributed by atoms with van der Waals surface area (Å²) in [5.74, 6) is -0.117. The molecule has 1 saturated heterocycles. The van der Waals surface area contributed by atoms with Crippen molar-refractivity contribution in [3.8, 4) is 0 Å². The van der Waals surface area contributed by atoms with Gasteiger partial charge in [0.15, 0.2) is 0 Å². The maximum Gasteiger partial charge on any atom is 0.127 e. The number of nitrogens with zero attached hydrogens (tertiary/aromatic N) is 1. The Morgan fingerprint density at radius 2 is 2.25 bits per heavy atom. The van der Waals surface area contributed by atoms with Crippen LogP contribution in [0.5, 0.6) is 0 Å². The maximum atomic E-state index is 13.9. The highest BCUT2D eigenvalue weighted by Gasteiger charge is 2.19. The first-order valence-corrected chi connectivity index (χ1v) is 7.52. The summed E-state index contributed by atoms with van der Waals surface area (Å²) in [6, 6.07) is 7.14. The molecule has 0 amide bonds. The predicted octanol–water partition coefficient (Wildman–Crippen LogP) is 2.59. The van der Waals surface area contributed by atoms with Gasteiger partial charge in [-0.2, -0.15) is 0 Å². The first-order chi connectivity index (χ1) is 9.70. The van der Waals surface area contributed by atoms with Gasteiger partial charge in [0.25, 0.3) is 0 Å². The number of halogens is 1. The van der Waals surface area contributed by atoms with E-state index < -0.39 is 0 Å². The Kier molecular flexibility index (Phi) is 5.95. The van der Waals surface area contributed by atoms with Crippen LogP contribution in [-0.4, -0.2) is 43.8 Å². The number of hydrogen-bond donors (Lipinski definition) is 1. The van der Waals surface area contributed by atoms with E-state index in [-0.39, 0.29) is 11.9 Å². The SMILES string of the molecule is CCNC(CCN1CCOC(C)C1)c1ccccc1F. The Morgan fingerprint density at radius 1 is 1.45 bits per heavy atom. The van der Waals surface area contributed by atoms with Gasteiger partial charge in [0.05, 0.1) is 12.7 Å². The Morgan fingerprint density at radius 3 is 2.95 bits per heavy atom. The van der Waals surface area contributed by atoms with Gasteiger partial charge in [-0.3, -0.25) is 4.90 Å². The molecule has 0 radical (unpaired) electrons. The standard InChI is InChI=1S/C16H25FN2O/c1-3-18-16(14-6-4-5-7-15(14)17)8-9-19-10-11-20-13(2)12-19/h4-7,13,16,18H,3,8-12H2,1-2H3. The van der Waals surface area contributed by atoms with Crippen LogP contribution in [-0.2, 0) is 4.74 Å². The monoisotopic (exact) mass is 280 g/mol. The first-order valence-electron chi connectivity index (χ1n) is 7.52. The summed E-state index contributed by atoms with van der Waals surface area (Å²) in [6.45, 7) is 8.72. The molecule has 2 atom stereocenters. The van der Waals surface area contributed by atoms with E-state index in [4.69, 9.17) is 4.74 Å². The molecule has 0 aromatic heterocycles. The smallest absolute Gasteiger partial charge is 0.127 e. The molecule has 0 saturated carbocycles. The highest BCUT2D eigenvalue weighted by molar-refractivity contribution is 5.21. The van der Waals surface area contributed by atoms with E-state index in [0.29, 0.717) is 6.10 Å². The zero-order chi connectivity index (χ0) is 14.4. The van der Waals surface area contributed by atoms with Crippen molar-refractivity contribution in [1.29, 1.82) is 0 Å². The van der Waals surface area contributed by atoms with Gasteiger partial charge in [0.1, 0.15) is 5.82 Å². The maximum absolute atomic E-state index is 13.9. The van der Waals surface area contributed by atoms with Gasteiger partial charge >= 0.3 is 0 Å². The normalized spacial score (nSPS) is 21.9. The van der Waals surface area contributed by atoms with Gasteiger partial charge in [-0.05, 0) is 26.0 Å². The summed E-state index contributed by atoms with van der Waals surface area (Å²) in [4.78, 5) is 2.40. The van der Waals surface area contributed by atoms with Crippen LogP contribution in [0.15, 0.2) is 24.3 Å². The van der Waals surface area contributed by atoms with Crippen molar-refractivity contribution in [3.63, 3.8) is 0 Å². The summed E-state index contributed by atoms with van der Waals surface area (Å²) < 4.78 is 19.5. The minimum atomic E-state index is -0.117. The van der Waals surface area contributed by atoms with Crippen molar-refractivity contribution in [2.45, 2.75) is 32.4 Å². The Balaban J connectivity index is 1.94. The van der Waals surface area contributed by atoms with Gasteiger partial charge in [-0.1, -0.05) is 25.1 Å². The summed E-state index contributed by atoms with van der Waals surface area (Å²) in [6.07, 6.45) is 1.22. The van der Waals surface area contributed by atoms with Gasteiger partial charge in [-0.15, -0.1) is 0 Å². The highest BCUT2D eigenvalue weighted by atomic mass is 19.1. The van der Waals surface area contributed by atoms with Gasteiger partial charge in [0, 0.05) is 31.2 Å². The Bertz CT molecular complexity index is 413. The summed E-state index contributed by atoms with van der Waals surface area (Å²) >= 11 is 0. The van der Waals surface area contributed by atoms with Crippen LogP contribution in [0.25, 0.3) is 0 Å². The van der Waals surface area contributed by atoms with Crippen LogP contribution in [0.3, 0.4) is 0 Å². The van der Waals surface area contributed by atoms with E-state index in [1.807, 2.05) is 12.1 Å². The lowest BCUT2D eigenvalue weighted by molar-refractivity contribution is -0.0192. The molecule has 20 heavy (non-hydrogen) atoms. The quantitative estimate of drug-likeness (QED) is 0.867. The molecule has 1 aliphatic heterocycles. The fourth-order valence-corrected chi connectivity index (χ4v) is 2.78. The van der Waals surface area contributed by atoms with E-state index in [9.17, 15) is 4.39 Å². The molecule has 0 bridgehead atoms. The number of morpholine rings is 1. The van der Waals surface area contributed by atoms with Gasteiger partial charge in [0.2, 0.25) is 0 Å². The lowest BCUT2D eigenvalue weighted by atomic mass is 10.0. The molecule has 0 aliphatic carbocycles. The number of benzene rings is 1. The second kappa shape index (κ2) is 7.72. The lowest BCUT2D eigenvalue weighted by Gasteiger charge is -2.32. The fraction of sp³-hybridized carbons (Fsp3) is 0.625. The average molecular weight is 280 g/mol. The van der Waals surface area contributed by atoms with Crippen molar-refractivity contribution >= 4 is 0 Å². The minimum absolute atomic E-state index is 0.0827. The zero-order valence-electron chi connectivity index (χ0n) is 12.4. The average Bonchev–Trinajstić information content (AvgIpc) is 2.44. The fourth-order valence-electron chi connectivity index (χ4n) is 2.78. The molecule has 1 aromatic carbocycles. The molecule has 2 rings (SSSR count). The van der Waals surface area contributed by atoms with Crippen LogP contribution in [0.4, 0.5) is 4.39 Å². The van der Waals surface area contributed by atoms with Gasteiger partial charge in [-0.25, -0.2) is 4.39 Å². The number of hydrogen-bond acceptors (Lipinski definition) is 3. The van der Waals surface area contributed by atoms with E-state index in [1.165, 1.54) is 6.07 Å². The van der Waals surface area contributed by atoms with E-state index >= 15 is 0 Å². The van der Waals surface area contributed by atoms with Crippen molar-refractivity contribution in [2.24, 2.45) is 0 Å². The number of rotatable bonds is 6. The van der Waals surface area contributed by atoms with Crippen molar-refractivity contribution in [3.05, 3.63) is 35.6 Å². The van der Waals surface area contributed by atoms with Crippen LogP contribution >= 0.6 is 0 Å². The summed E-state index contributed by atoms with van der Waals surface area (Å²) in [7, 11) is 0. The van der Waals surface area contributed by atoms with Crippen LogP contribution < -0.4 is 5.32 Å². The third-order valence-electron chi connectivity index (χ3n) is 3.79. The third-order valence-corrected chi connectivity index (χ3v) is 3.79. The molecule has 2 unspecified atom stereocenters. The Labute approximate surface area is 121 Å². The van der Waals surface area contributed by atoms with Crippen LogP contribution in [0, 0.1) is 5.82 Å². The lowest BCUT2D eigenvalue weighted by Crippen LogP contribution is -2.42. The molecule has 1 aliphatic rings. The molecule has 3 nitrogen and oxygen atoms in total. The molecular weight excluding hydrogens is 255 g/mol. The Hall–Kier alpha value is -0.970. The summed E-state index contributed by atoms with van der Waals surface area (Å²) in [5.41, 5.74) is 0.774. The molecule has 4 heteroatoms. The second-order valence-corrected chi connectivity index (χ2v) is 5.40. The minimum Gasteiger partial charge on any atom is -0.376 e. The molecular formula is C16H25FN2O. The second-order valence-electron chi connectivity index (χ2n) is 5.40. The number of ether oxygens (including phenoxy) is 1. The van der Waals surface area contributed by atoms with Gasteiger partial charge < -0.3 is 10.1 Å². The highest BCUT2D eigenvalue weighted by Crippen LogP contribution is 2.20. The molecule has 1 aromatic rings. The van der Waals surface area contributed by atoms with Crippen molar-refractivity contribution in [1.82, 2.24) is 10.2 Å². The third kappa shape index (κ3) is 4.27. The summed E-state index contributed by atoms with van der Waals surface area (Å²) in [5, 5.41) is 3.39. The molecule has 1 heterocycles. The predicted molar refractivity (Wildman–Crippen MR) is 79.3 cm³/mol. The van der Waals surface area contributed by atoms with Crippen molar-refractivity contribution < 1.29 is 9.13 Å². The largest absolute Gasteiger partial charge is 0.376 e. The van der Waals surface area contributed by atoms with E-state index in [2.05, 4.69) is 24.1 Å². The van der Waals surface area contributed by atoms with E-state index in [1.54, 1.807) is 6.07 Å². The molecule has 1 N–H and O–H groups in total. The molecule has 112 valence electrons. The molecule has 1 fully saturated rings. The van der Waals surface area contributed by atoms with Crippen LogP contribution in [0.1, 0.15) is 31.9 Å². The van der Waals surface area contributed by atoms with Crippen LogP contribution in [0.2, 0.25) is 0 Å². The molecule has 0 spiro atoms. The van der Waals surface area contributed by atoms with E-state index in [0.717, 1.165) is 44.8 Å². The first kappa shape index (κ1) is 15.4. The zero-order valence-corrected chi connectivity index (χ0v) is 12.4.